The molecule has 3 heterocycles. The number of para-hydroxylation sites is 1. The SMILES string of the molecule is CC(C)N=c1ccccn1C(=O)Cn1cnc2c(oc3ccccc32)c1=O. The molecule has 0 unspecified atom stereocenters. The van der Waals surface area contributed by atoms with Gasteiger partial charge < -0.3 is 4.42 Å². The summed E-state index contributed by atoms with van der Waals surface area (Å²) in [6.07, 6.45) is 3.02. The predicted octanol–water partition coefficient (Wildman–Crippen LogP) is 2.59. The van der Waals surface area contributed by atoms with Crippen molar-refractivity contribution in [1.82, 2.24) is 14.1 Å². The number of hydrogen-bond donors (Lipinski definition) is 0. The minimum absolute atomic E-state index is 0.0442. The highest BCUT2D eigenvalue weighted by molar-refractivity contribution is 6.01. The lowest BCUT2D eigenvalue weighted by Crippen LogP contribution is -2.33. The molecule has 0 atom stereocenters. The Balaban J connectivity index is 1.76. The van der Waals surface area contributed by atoms with E-state index in [4.69, 9.17) is 4.42 Å². The summed E-state index contributed by atoms with van der Waals surface area (Å²) in [7, 11) is 0. The van der Waals surface area contributed by atoms with E-state index in [1.165, 1.54) is 15.5 Å². The molecule has 0 fully saturated rings. The Morgan fingerprint density at radius 3 is 2.78 bits per heavy atom. The molecule has 136 valence electrons. The molecule has 4 rings (SSSR count). The highest BCUT2D eigenvalue weighted by Crippen LogP contribution is 2.23. The molecule has 0 saturated heterocycles. The number of carbonyl (C=O) groups excluding carboxylic acids is 1. The highest BCUT2D eigenvalue weighted by atomic mass is 16.3. The Morgan fingerprint density at radius 1 is 1.19 bits per heavy atom. The van der Waals surface area contributed by atoms with Crippen molar-refractivity contribution in [3.63, 3.8) is 0 Å². The number of hydrogen-bond acceptors (Lipinski definition) is 5. The summed E-state index contributed by atoms with van der Waals surface area (Å²) in [6, 6.07) is 12.7. The zero-order valence-corrected chi connectivity index (χ0v) is 15.0. The van der Waals surface area contributed by atoms with Gasteiger partial charge in [0.25, 0.3) is 11.5 Å². The fourth-order valence-electron chi connectivity index (χ4n) is 2.96. The van der Waals surface area contributed by atoms with Gasteiger partial charge in [-0.05, 0) is 38.1 Å². The van der Waals surface area contributed by atoms with Crippen molar-refractivity contribution in [2.24, 2.45) is 4.99 Å². The average molecular weight is 362 g/mol. The second-order valence-electron chi connectivity index (χ2n) is 6.50. The Hall–Kier alpha value is -3.48. The van der Waals surface area contributed by atoms with Gasteiger partial charge in [-0.2, -0.15) is 0 Å². The fraction of sp³-hybridized carbons (Fsp3) is 0.200. The van der Waals surface area contributed by atoms with Crippen LogP contribution in [-0.2, 0) is 6.54 Å². The summed E-state index contributed by atoms with van der Waals surface area (Å²) in [6.45, 7) is 3.71. The topological polar surface area (TPSA) is 82.4 Å². The number of benzene rings is 1. The van der Waals surface area contributed by atoms with Crippen LogP contribution in [0.5, 0.6) is 0 Å². The summed E-state index contributed by atoms with van der Waals surface area (Å²) in [4.78, 5) is 34.3. The largest absolute Gasteiger partial charge is 0.448 e. The second kappa shape index (κ2) is 6.68. The van der Waals surface area contributed by atoms with E-state index in [1.54, 1.807) is 24.4 Å². The van der Waals surface area contributed by atoms with Crippen molar-refractivity contribution in [2.45, 2.75) is 26.4 Å². The molecule has 0 saturated carbocycles. The maximum absolute atomic E-state index is 12.8. The van der Waals surface area contributed by atoms with Crippen LogP contribution in [0.25, 0.3) is 22.1 Å². The smallest absolute Gasteiger partial charge is 0.297 e. The van der Waals surface area contributed by atoms with E-state index in [2.05, 4.69) is 9.98 Å². The van der Waals surface area contributed by atoms with E-state index in [0.717, 1.165) is 5.39 Å². The number of aromatic nitrogens is 3. The van der Waals surface area contributed by atoms with Crippen molar-refractivity contribution >= 4 is 28.0 Å². The van der Waals surface area contributed by atoms with Gasteiger partial charge in [-0.1, -0.05) is 18.2 Å². The molecule has 7 nitrogen and oxygen atoms in total. The fourth-order valence-corrected chi connectivity index (χ4v) is 2.96. The van der Waals surface area contributed by atoms with Gasteiger partial charge in [-0.25, -0.2) is 4.98 Å². The van der Waals surface area contributed by atoms with Crippen LogP contribution in [0.4, 0.5) is 0 Å². The third-order valence-electron chi connectivity index (χ3n) is 4.15. The zero-order valence-electron chi connectivity index (χ0n) is 15.0. The van der Waals surface area contributed by atoms with Crippen LogP contribution in [0.3, 0.4) is 0 Å². The van der Waals surface area contributed by atoms with E-state index in [1.807, 2.05) is 38.1 Å². The molecule has 7 heteroatoms. The first-order chi connectivity index (χ1) is 13.0. The Kier molecular flexibility index (Phi) is 4.19. The number of nitrogens with zero attached hydrogens (tertiary/aromatic N) is 4. The van der Waals surface area contributed by atoms with Gasteiger partial charge in [0.2, 0.25) is 5.58 Å². The van der Waals surface area contributed by atoms with Crippen molar-refractivity contribution in [2.75, 3.05) is 0 Å². The summed E-state index contributed by atoms with van der Waals surface area (Å²) in [5, 5.41) is 0.776. The van der Waals surface area contributed by atoms with E-state index in [0.29, 0.717) is 16.6 Å². The van der Waals surface area contributed by atoms with Gasteiger partial charge in [0.1, 0.15) is 23.1 Å². The van der Waals surface area contributed by atoms with Crippen molar-refractivity contribution < 1.29 is 9.21 Å². The van der Waals surface area contributed by atoms with Crippen LogP contribution in [0.2, 0.25) is 0 Å². The van der Waals surface area contributed by atoms with E-state index >= 15 is 0 Å². The number of pyridine rings is 1. The number of carbonyl (C=O) groups is 1. The summed E-state index contributed by atoms with van der Waals surface area (Å²) in [5.41, 5.74) is 1.40. The van der Waals surface area contributed by atoms with Gasteiger partial charge in [-0.3, -0.25) is 23.7 Å². The van der Waals surface area contributed by atoms with Crippen LogP contribution < -0.4 is 11.0 Å². The zero-order chi connectivity index (χ0) is 19.0. The Morgan fingerprint density at radius 2 is 1.96 bits per heavy atom. The Labute approximate surface area is 154 Å². The van der Waals surface area contributed by atoms with E-state index in [-0.39, 0.29) is 29.6 Å². The normalized spacial score (nSPS) is 12.3. The highest BCUT2D eigenvalue weighted by Gasteiger charge is 2.15. The minimum atomic E-state index is -0.386. The van der Waals surface area contributed by atoms with Gasteiger partial charge >= 0.3 is 0 Å². The molecule has 3 aromatic heterocycles. The lowest BCUT2D eigenvalue weighted by molar-refractivity contribution is 0.0884. The van der Waals surface area contributed by atoms with Crippen LogP contribution in [0.15, 0.2) is 69.2 Å². The van der Waals surface area contributed by atoms with E-state index < -0.39 is 0 Å². The monoisotopic (exact) mass is 362 g/mol. The number of rotatable bonds is 3. The quantitative estimate of drug-likeness (QED) is 0.561. The van der Waals surface area contributed by atoms with Gasteiger partial charge in [-0.15, -0.1) is 0 Å². The molecule has 0 aliphatic rings. The molecule has 0 aliphatic heterocycles. The predicted molar refractivity (Wildman–Crippen MR) is 102 cm³/mol. The lowest BCUT2D eigenvalue weighted by Gasteiger charge is -2.08. The minimum Gasteiger partial charge on any atom is -0.448 e. The molecule has 0 spiro atoms. The molecular weight excluding hydrogens is 344 g/mol. The molecule has 4 aromatic rings. The molecule has 27 heavy (non-hydrogen) atoms. The molecule has 0 radical (unpaired) electrons. The maximum Gasteiger partial charge on any atom is 0.297 e. The van der Waals surface area contributed by atoms with Crippen molar-refractivity contribution in [3.05, 3.63) is 70.8 Å². The summed E-state index contributed by atoms with van der Waals surface area (Å²) >= 11 is 0. The third kappa shape index (κ3) is 3.08. The average Bonchev–Trinajstić information content (AvgIpc) is 3.03. The van der Waals surface area contributed by atoms with Crippen LogP contribution in [0, 0.1) is 0 Å². The van der Waals surface area contributed by atoms with Crippen LogP contribution in [0.1, 0.15) is 18.6 Å². The van der Waals surface area contributed by atoms with Crippen LogP contribution in [-0.4, -0.2) is 26.1 Å². The molecule has 0 bridgehead atoms. The van der Waals surface area contributed by atoms with Gasteiger partial charge in [0.05, 0.1) is 6.33 Å². The Bertz CT molecular complexity index is 1280. The third-order valence-corrected chi connectivity index (χ3v) is 4.15. The first-order valence-electron chi connectivity index (χ1n) is 8.66. The molecule has 0 N–H and O–H groups in total. The summed E-state index contributed by atoms with van der Waals surface area (Å²) in [5.74, 6) is -0.283. The first kappa shape index (κ1) is 17.0. The first-order valence-corrected chi connectivity index (χ1v) is 8.66. The molecular formula is C20H18N4O3. The molecule has 0 amide bonds. The van der Waals surface area contributed by atoms with E-state index in [9.17, 15) is 9.59 Å². The van der Waals surface area contributed by atoms with Crippen molar-refractivity contribution in [3.8, 4) is 0 Å². The standard InChI is InChI=1S/C20H18N4O3/c1-13(2)22-16-9-5-6-10-24(16)17(25)11-23-12-21-18-14-7-3-4-8-15(14)27-19(18)20(23)26/h3-10,12-13H,11H2,1-2H3. The molecule has 1 aromatic carbocycles. The maximum atomic E-state index is 12.8. The van der Waals surface area contributed by atoms with Gasteiger partial charge in [0, 0.05) is 17.6 Å². The molecule has 0 aliphatic carbocycles. The van der Waals surface area contributed by atoms with Crippen molar-refractivity contribution in [1.29, 1.82) is 0 Å². The summed E-state index contributed by atoms with van der Waals surface area (Å²) < 4.78 is 8.35. The van der Waals surface area contributed by atoms with Crippen LogP contribution >= 0.6 is 0 Å². The van der Waals surface area contributed by atoms with Gasteiger partial charge in [0.15, 0.2) is 0 Å². The second-order valence-corrected chi connectivity index (χ2v) is 6.50. The number of fused-ring (bicyclic) bond motifs is 3. The lowest BCUT2D eigenvalue weighted by atomic mass is 10.2. The number of furan rings is 1.